The van der Waals surface area contributed by atoms with Crippen molar-refractivity contribution in [3.05, 3.63) is 29.4 Å². The topological polar surface area (TPSA) is 69.9 Å². The Hall–Kier alpha value is -0.840. The SMILES string of the molecule is C[CH-]CCCC(C)(O)CCCC(C)(O)CCCC(C)CCC1=CC(O)C(C)C(C)=C1OCCCC. The molecule has 4 nitrogen and oxygen atoms in total. The lowest BCUT2D eigenvalue weighted by molar-refractivity contribution is 0.0110. The van der Waals surface area contributed by atoms with Gasteiger partial charge in [0.1, 0.15) is 5.76 Å². The number of hydrogen-bond donors (Lipinski definition) is 3. The molecular formula is C31H57O4-. The second-order valence-corrected chi connectivity index (χ2v) is 11.9. The summed E-state index contributed by atoms with van der Waals surface area (Å²) in [5.74, 6) is 1.67. The van der Waals surface area contributed by atoms with E-state index in [0.717, 1.165) is 107 Å². The summed E-state index contributed by atoms with van der Waals surface area (Å²) in [6, 6.07) is 0. The summed E-state index contributed by atoms with van der Waals surface area (Å²) in [5, 5.41) is 31.9. The summed E-state index contributed by atoms with van der Waals surface area (Å²) in [6.07, 6.45) is 16.0. The molecule has 0 amide bonds. The maximum atomic E-state index is 10.8. The van der Waals surface area contributed by atoms with Crippen molar-refractivity contribution in [1.29, 1.82) is 0 Å². The van der Waals surface area contributed by atoms with Crippen LogP contribution in [0.1, 0.15) is 132 Å². The molecule has 206 valence electrons. The highest BCUT2D eigenvalue weighted by Gasteiger charge is 2.27. The first-order chi connectivity index (χ1) is 16.4. The van der Waals surface area contributed by atoms with E-state index in [-0.39, 0.29) is 5.92 Å². The Morgan fingerprint density at radius 1 is 1.00 bits per heavy atom. The summed E-state index contributed by atoms with van der Waals surface area (Å²) in [6.45, 7) is 15.3. The van der Waals surface area contributed by atoms with Crippen LogP contribution in [-0.2, 0) is 4.74 Å². The van der Waals surface area contributed by atoms with Crippen LogP contribution >= 0.6 is 0 Å². The largest absolute Gasteiger partial charge is 0.493 e. The molecule has 1 aliphatic carbocycles. The third-order valence-electron chi connectivity index (χ3n) is 7.92. The van der Waals surface area contributed by atoms with E-state index in [4.69, 9.17) is 4.74 Å². The molecule has 0 aromatic rings. The van der Waals surface area contributed by atoms with Gasteiger partial charge in [0.05, 0.1) is 23.9 Å². The maximum absolute atomic E-state index is 10.8. The summed E-state index contributed by atoms with van der Waals surface area (Å²) < 4.78 is 6.16. The van der Waals surface area contributed by atoms with E-state index in [2.05, 4.69) is 41.0 Å². The van der Waals surface area contributed by atoms with E-state index in [1.54, 1.807) is 0 Å². The van der Waals surface area contributed by atoms with Crippen molar-refractivity contribution in [2.45, 2.75) is 149 Å². The van der Waals surface area contributed by atoms with Crippen molar-refractivity contribution in [3.8, 4) is 0 Å². The number of ether oxygens (including phenoxy) is 1. The zero-order chi connectivity index (χ0) is 26.5. The molecule has 3 N–H and O–H groups in total. The molecule has 0 saturated carbocycles. The number of rotatable bonds is 19. The van der Waals surface area contributed by atoms with Crippen molar-refractivity contribution in [2.24, 2.45) is 11.8 Å². The highest BCUT2D eigenvalue weighted by molar-refractivity contribution is 5.37. The number of hydrogen-bond acceptors (Lipinski definition) is 4. The monoisotopic (exact) mass is 493 g/mol. The van der Waals surface area contributed by atoms with Crippen molar-refractivity contribution >= 4 is 0 Å². The molecule has 0 aromatic carbocycles. The van der Waals surface area contributed by atoms with Gasteiger partial charge < -0.3 is 26.5 Å². The minimum absolute atomic E-state index is 0.105. The van der Waals surface area contributed by atoms with E-state index >= 15 is 0 Å². The highest BCUT2D eigenvalue weighted by atomic mass is 16.5. The van der Waals surface area contributed by atoms with E-state index in [0.29, 0.717) is 5.92 Å². The average Bonchev–Trinajstić information content (AvgIpc) is 2.77. The first-order valence-corrected chi connectivity index (χ1v) is 14.4. The highest BCUT2D eigenvalue weighted by Crippen LogP contribution is 2.34. The van der Waals surface area contributed by atoms with Crippen LogP contribution < -0.4 is 0 Å². The molecule has 0 bridgehead atoms. The lowest BCUT2D eigenvalue weighted by Gasteiger charge is -2.29. The third-order valence-corrected chi connectivity index (χ3v) is 7.92. The molecule has 0 aliphatic heterocycles. The smallest absolute Gasteiger partial charge is 0.121 e. The zero-order valence-corrected chi connectivity index (χ0v) is 24.0. The van der Waals surface area contributed by atoms with Gasteiger partial charge in [0, 0.05) is 5.92 Å². The van der Waals surface area contributed by atoms with E-state index < -0.39 is 17.3 Å². The Morgan fingerprint density at radius 3 is 2.20 bits per heavy atom. The lowest BCUT2D eigenvalue weighted by Crippen LogP contribution is -2.28. The van der Waals surface area contributed by atoms with E-state index in [1.165, 1.54) is 0 Å². The molecular weight excluding hydrogens is 436 g/mol. The van der Waals surface area contributed by atoms with Gasteiger partial charge in [0.25, 0.3) is 0 Å². The van der Waals surface area contributed by atoms with Gasteiger partial charge in [-0.1, -0.05) is 46.5 Å². The molecule has 0 fully saturated rings. The van der Waals surface area contributed by atoms with Crippen LogP contribution in [0, 0.1) is 18.3 Å². The Balaban J connectivity index is 2.42. The number of aliphatic hydroxyl groups excluding tert-OH is 1. The van der Waals surface area contributed by atoms with Gasteiger partial charge in [-0.3, -0.25) is 0 Å². The van der Waals surface area contributed by atoms with Gasteiger partial charge >= 0.3 is 0 Å². The van der Waals surface area contributed by atoms with E-state index in [9.17, 15) is 15.3 Å². The number of aliphatic hydroxyl groups is 3. The summed E-state index contributed by atoms with van der Waals surface area (Å²) in [5.41, 5.74) is 1.03. The molecule has 0 heterocycles. The van der Waals surface area contributed by atoms with Crippen molar-refractivity contribution in [3.63, 3.8) is 0 Å². The molecule has 1 aliphatic rings. The van der Waals surface area contributed by atoms with Crippen LogP contribution in [0.3, 0.4) is 0 Å². The second kappa shape index (κ2) is 16.1. The fourth-order valence-corrected chi connectivity index (χ4v) is 5.03. The molecule has 0 spiro atoms. The normalized spacial score (nSPS) is 23.0. The van der Waals surface area contributed by atoms with Gasteiger partial charge in [0.15, 0.2) is 0 Å². The van der Waals surface area contributed by atoms with Crippen molar-refractivity contribution in [1.82, 2.24) is 0 Å². The van der Waals surface area contributed by atoms with Gasteiger partial charge in [-0.15, -0.1) is 0 Å². The van der Waals surface area contributed by atoms with E-state index in [1.807, 2.05) is 19.9 Å². The molecule has 0 aromatic heterocycles. The molecule has 5 unspecified atom stereocenters. The quantitative estimate of drug-likeness (QED) is 0.128. The average molecular weight is 494 g/mol. The zero-order valence-electron chi connectivity index (χ0n) is 24.0. The summed E-state index contributed by atoms with van der Waals surface area (Å²) >= 11 is 0. The fraction of sp³-hybridized carbons (Fsp3) is 0.839. The summed E-state index contributed by atoms with van der Waals surface area (Å²) in [7, 11) is 0. The Kier molecular flexibility index (Phi) is 14.8. The van der Waals surface area contributed by atoms with Crippen LogP contribution in [-0.4, -0.2) is 39.2 Å². The first kappa shape index (κ1) is 32.2. The Bertz CT molecular complexity index is 646. The molecule has 0 saturated heterocycles. The van der Waals surface area contributed by atoms with Gasteiger partial charge in [-0.2, -0.15) is 13.3 Å². The van der Waals surface area contributed by atoms with Crippen LogP contribution in [0.2, 0.25) is 0 Å². The maximum Gasteiger partial charge on any atom is 0.121 e. The molecule has 35 heavy (non-hydrogen) atoms. The molecule has 1 rings (SSSR count). The minimum atomic E-state index is -0.667. The molecule has 4 heteroatoms. The Morgan fingerprint density at radius 2 is 1.60 bits per heavy atom. The van der Waals surface area contributed by atoms with Gasteiger partial charge in [-0.25, -0.2) is 0 Å². The second-order valence-electron chi connectivity index (χ2n) is 11.9. The van der Waals surface area contributed by atoms with Crippen LogP contribution in [0.25, 0.3) is 0 Å². The fourth-order valence-electron chi connectivity index (χ4n) is 5.03. The third kappa shape index (κ3) is 12.8. The van der Waals surface area contributed by atoms with Gasteiger partial charge in [-0.05, 0) is 95.3 Å². The minimum Gasteiger partial charge on any atom is -0.493 e. The van der Waals surface area contributed by atoms with Crippen LogP contribution in [0.4, 0.5) is 0 Å². The van der Waals surface area contributed by atoms with Crippen molar-refractivity contribution < 1.29 is 20.1 Å². The van der Waals surface area contributed by atoms with Crippen LogP contribution in [0.5, 0.6) is 0 Å². The standard InChI is InChI=1S/C31H57O4/c1-8-10-12-18-30(6,33)20-14-21-31(7,34)19-13-15-24(3)16-17-27-23-28(32)25(4)26(5)29(27)35-22-11-9-2/h8,23-25,28,32-34H,9-22H2,1-7H3/q-1. The molecule has 0 radical (unpaired) electrons. The predicted molar refractivity (Wildman–Crippen MR) is 148 cm³/mol. The molecule has 5 atom stereocenters. The number of allylic oxidation sites excluding steroid dienone is 1. The number of unbranched alkanes of at least 4 members (excludes halogenated alkanes) is 3. The van der Waals surface area contributed by atoms with Crippen LogP contribution in [0.15, 0.2) is 23.0 Å². The van der Waals surface area contributed by atoms with Crippen molar-refractivity contribution in [2.75, 3.05) is 6.61 Å². The summed E-state index contributed by atoms with van der Waals surface area (Å²) in [4.78, 5) is 0. The lowest BCUT2D eigenvalue weighted by atomic mass is 9.84. The van der Waals surface area contributed by atoms with Gasteiger partial charge in [0.2, 0.25) is 0 Å². The Labute approximate surface area is 217 Å². The first-order valence-electron chi connectivity index (χ1n) is 14.4. The predicted octanol–water partition coefficient (Wildman–Crippen LogP) is 7.67.